The molecule has 0 spiro atoms. The summed E-state index contributed by atoms with van der Waals surface area (Å²) in [5.41, 5.74) is 0. The quantitative estimate of drug-likeness (QED) is 0.825. The smallest absolute Gasteiger partial charge is 0.132 e. The van der Waals surface area contributed by atoms with Crippen LogP contribution in [0.1, 0.15) is 32.5 Å². The van der Waals surface area contributed by atoms with E-state index in [4.69, 9.17) is 0 Å². The van der Waals surface area contributed by atoms with E-state index < -0.39 is 0 Å². The zero-order valence-electron chi connectivity index (χ0n) is 8.68. The lowest BCUT2D eigenvalue weighted by Crippen LogP contribution is -2.05. The maximum atomic E-state index is 4.41. The van der Waals surface area contributed by atoms with E-state index in [1.807, 2.05) is 6.07 Å². The summed E-state index contributed by atoms with van der Waals surface area (Å²) < 4.78 is 0.856. The van der Waals surface area contributed by atoms with Crippen molar-refractivity contribution in [1.82, 2.24) is 9.97 Å². The van der Waals surface area contributed by atoms with Gasteiger partial charge in [-0.2, -0.15) is 0 Å². The molecule has 0 aromatic carbocycles. The van der Waals surface area contributed by atoms with Gasteiger partial charge in [-0.3, -0.25) is 0 Å². The molecule has 1 N–H and O–H groups in total. The van der Waals surface area contributed by atoms with Crippen LogP contribution in [0.25, 0.3) is 0 Å². The number of anilines is 1. The Morgan fingerprint density at radius 3 is 2.71 bits per heavy atom. The molecule has 4 heteroatoms. The monoisotopic (exact) mass is 257 g/mol. The Balaban J connectivity index is 2.73. The molecule has 0 aliphatic heterocycles. The van der Waals surface area contributed by atoms with Crippen LogP contribution in [0, 0.1) is 0 Å². The third-order valence-corrected chi connectivity index (χ3v) is 2.18. The van der Waals surface area contributed by atoms with Crippen molar-refractivity contribution in [3.8, 4) is 0 Å². The van der Waals surface area contributed by atoms with E-state index in [1.165, 1.54) is 0 Å². The molecule has 0 fully saturated rings. The van der Waals surface area contributed by atoms with E-state index in [0.717, 1.165) is 42.1 Å². The van der Waals surface area contributed by atoms with Crippen LogP contribution in [-0.2, 0) is 6.42 Å². The summed E-state index contributed by atoms with van der Waals surface area (Å²) in [4.78, 5) is 8.71. The van der Waals surface area contributed by atoms with Gasteiger partial charge in [-0.15, -0.1) is 0 Å². The van der Waals surface area contributed by atoms with Crippen LogP contribution in [0.4, 0.5) is 5.82 Å². The highest BCUT2D eigenvalue weighted by Gasteiger charge is 2.01. The number of nitrogens with one attached hydrogen (secondary N) is 1. The fourth-order valence-corrected chi connectivity index (χ4v) is 1.57. The molecule has 3 nitrogen and oxygen atoms in total. The number of aryl methyl sites for hydroxylation is 1. The van der Waals surface area contributed by atoms with Crippen molar-refractivity contribution in [1.29, 1.82) is 0 Å². The lowest BCUT2D eigenvalue weighted by Gasteiger charge is -2.06. The first-order valence-corrected chi connectivity index (χ1v) is 5.83. The van der Waals surface area contributed by atoms with Gasteiger partial charge in [0.1, 0.15) is 16.2 Å². The predicted molar refractivity (Wildman–Crippen MR) is 62.5 cm³/mol. The molecule has 78 valence electrons. The third-order valence-electron chi connectivity index (χ3n) is 1.77. The van der Waals surface area contributed by atoms with Crippen LogP contribution in [0.15, 0.2) is 10.7 Å². The molecular formula is C10H16BrN3. The van der Waals surface area contributed by atoms with Gasteiger partial charge in [-0.1, -0.05) is 13.8 Å². The van der Waals surface area contributed by atoms with E-state index in [-0.39, 0.29) is 0 Å². The highest BCUT2D eigenvalue weighted by Crippen LogP contribution is 2.13. The van der Waals surface area contributed by atoms with E-state index in [9.17, 15) is 0 Å². The Bertz CT molecular complexity index is 289. The van der Waals surface area contributed by atoms with Crippen molar-refractivity contribution in [3.05, 3.63) is 16.5 Å². The van der Waals surface area contributed by atoms with Gasteiger partial charge in [-0.25, -0.2) is 9.97 Å². The standard InChI is InChI=1S/C10H16BrN3/c1-3-5-9-13-8(11)7-10(14-9)12-6-4-2/h7H,3-6H2,1-2H3,(H,12,13,14). The Kier molecular flexibility index (Phi) is 4.87. The van der Waals surface area contributed by atoms with Gasteiger partial charge in [0, 0.05) is 19.0 Å². The Labute approximate surface area is 93.5 Å². The van der Waals surface area contributed by atoms with Crippen molar-refractivity contribution < 1.29 is 0 Å². The lowest BCUT2D eigenvalue weighted by molar-refractivity contribution is 0.826. The average Bonchev–Trinajstić information content (AvgIpc) is 2.14. The summed E-state index contributed by atoms with van der Waals surface area (Å²) in [6.07, 6.45) is 3.11. The van der Waals surface area contributed by atoms with Gasteiger partial charge in [0.25, 0.3) is 0 Å². The summed E-state index contributed by atoms with van der Waals surface area (Å²) >= 11 is 3.38. The molecule has 1 heterocycles. The number of nitrogens with zero attached hydrogens (tertiary/aromatic N) is 2. The van der Waals surface area contributed by atoms with Crippen LogP contribution in [-0.4, -0.2) is 16.5 Å². The minimum Gasteiger partial charge on any atom is -0.370 e. The van der Waals surface area contributed by atoms with E-state index in [2.05, 4.69) is 45.1 Å². The lowest BCUT2D eigenvalue weighted by atomic mass is 10.3. The second-order valence-electron chi connectivity index (χ2n) is 3.17. The topological polar surface area (TPSA) is 37.8 Å². The van der Waals surface area contributed by atoms with Crippen LogP contribution in [0.5, 0.6) is 0 Å². The van der Waals surface area contributed by atoms with Gasteiger partial charge < -0.3 is 5.32 Å². The highest BCUT2D eigenvalue weighted by atomic mass is 79.9. The van der Waals surface area contributed by atoms with Crippen LogP contribution in [0.3, 0.4) is 0 Å². The molecule has 1 aromatic rings. The molecule has 0 atom stereocenters. The fourth-order valence-electron chi connectivity index (χ4n) is 1.14. The zero-order chi connectivity index (χ0) is 10.4. The second-order valence-corrected chi connectivity index (χ2v) is 3.98. The maximum Gasteiger partial charge on any atom is 0.132 e. The zero-order valence-corrected chi connectivity index (χ0v) is 10.3. The number of halogens is 1. The fraction of sp³-hybridized carbons (Fsp3) is 0.600. The predicted octanol–water partition coefficient (Wildman–Crippen LogP) is 3.01. The Morgan fingerprint density at radius 2 is 2.07 bits per heavy atom. The Morgan fingerprint density at radius 1 is 1.29 bits per heavy atom. The molecule has 0 aliphatic carbocycles. The largest absolute Gasteiger partial charge is 0.370 e. The number of hydrogen-bond donors (Lipinski definition) is 1. The van der Waals surface area contributed by atoms with Crippen molar-refractivity contribution in [2.24, 2.45) is 0 Å². The summed E-state index contributed by atoms with van der Waals surface area (Å²) in [6, 6.07) is 1.91. The molecule has 0 aliphatic rings. The molecule has 0 amide bonds. The normalized spacial score (nSPS) is 10.2. The van der Waals surface area contributed by atoms with Crippen molar-refractivity contribution in [2.45, 2.75) is 33.1 Å². The second kappa shape index (κ2) is 5.96. The molecule has 0 unspecified atom stereocenters. The van der Waals surface area contributed by atoms with Gasteiger partial charge >= 0.3 is 0 Å². The summed E-state index contributed by atoms with van der Waals surface area (Å²) in [7, 11) is 0. The van der Waals surface area contributed by atoms with E-state index >= 15 is 0 Å². The molecule has 1 aromatic heterocycles. The molecule has 1 rings (SSSR count). The summed E-state index contributed by atoms with van der Waals surface area (Å²) in [5.74, 6) is 1.82. The third kappa shape index (κ3) is 3.62. The molecule has 14 heavy (non-hydrogen) atoms. The van der Waals surface area contributed by atoms with Crippen LogP contribution in [0.2, 0.25) is 0 Å². The molecule has 0 saturated heterocycles. The van der Waals surface area contributed by atoms with Crippen LogP contribution < -0.4 is 5.32 Å². The SMILES string of the molecule is CCCNc1cc(Br)nc(CCC)n1. The van der Waals surface area contributed by atoms with Gasteiger partial charge in [0.2, 0.25) is 0 Å². The average molecular weight is 258 g/mol. The van der Waals surface area contributed by atoms with Crippen molar-refractivity contribution in [3.63, 3.8) is 0 Å². The molecule has 0 saturated carbocycles. The first-order chi connectivity index (χ1) is 6.76. The molecule has 0 bridgehead atoms. The molecular weight excluding hydrogens is 242 g/mol. The molecule has 0 radical (unpaired) electrons. The minimum atomic E-state index is 0.856. The van der Waals surface area contributed by atoms with E-state index in [0.29, 0.717) is 0 Å². The van der Waals surface area contributed by atoms with Gasteiger partial charge in [-0.05, 0) is 28.8 Å². The van der Waals surface area contributed by atoms with Crippen LogP contribution >= 0.6 is 15.9 Å². The van der Waals surface area contributed by atoms with Gasteiger partial charge in [0.15, 0.2) is 0 Å². The summed E-state index contributed by atoms with van der Waals surface area (Å²) in [5, 5.41) is 3.25. The Hall–Kier alpha value is -0.640. The minimum absolute atomic E-state index is 0.856. The van der Waals surface area contributed by atoms with Crippen molar-refractivity contribution >= 4 is 21.7 Å². The number of rotatable bonds is 5. The van der Waals surface area contributed by atoms with Gasteiger partial charge in [0.05, 0.1) is 0 Å². The first kappa shape index (κ1) is 11.4. The first-order valence-electron chi connectivity index (χ1n) is 5.03. The number of hydrogen-bond acceptors (Lipinski definition) is 3. The number of aromatic nitrogens is 2. The summed E-state index contributed by atoms with van der Waals surface area (Å²) in [6.45, 7) is 5.22. The highest BCUT2D eigenvalue weighted by molar-refractivity contribution is 9.10. The van der Waals surface area contributed by atoms with Crippen molar-refractivity contribution in [2.75, 3.05) is 11.9 Å². The van der Waals surface area contributed by atoms with E-state index in [1.54, 1.807) is 0 Å². The maximum absolute atomic E-state index is 4.41.